The first-order valence-electron chi connectivity index (χ1n) is 13.0. The number of benzene rings is 2. The third-order valence-corrected chi connectivity index (χ3v) is 6.85. The Labute approximate surface area is 222 Å². The standard InChI is InChI=1S/C29H34N4O5/c34-27(33-24-11-4-10-23(24)28(35)36)25(32-18-21-13-14-22-9-5-15-30-26(22)17-21)12-6-16-31-29(37)38-19-20-7-2-1-3-8-20/h1-3,5,7-9,13-15,17,23-25,32H,4,6,10-12,16,18-19H2,(H,31,37)(H,33,34)(H,35,36)/t23-,24+,25+/m1/s1. The molecule has 0 unspecified atom stereocenters. The molecule has 1 aromatic heterocycles. The lowest BCUT2D eigenvalue weighted by Crippen LogP contribution is -2.49. The number of carboxylic acid groups (broad SMARTS) is 1. The zero-order valence-corrected chi connectivity index (χ0v) is 21.3. The summed E-state index contributed by atoms with van der Waals surface area (Å²) < 4.78 is 5.24. The fourth-order valence-corrected chi connectivity index (χ4v) is 4.77. The van der Waals surface area contributed by atoms with Crippen LogP contribution in [0.4, 0.5) is 4.79 Å². The lowest BCUT2D eigenvalue weighted by atomic mass is 10.0. The van der Waals surface area contributed by atoms with Gasteiger partial charge in [-0.1, -0.05) is 55.0 Å². The molecule has 4 N–H and O–H groups in total. The highest BCUT2D eigenvalue weighted by atomic mass is 16.5. The van der Waals surface area contributed by atoms with Crippen LogP contribution in [0, 0.1) is 5.92 Å². The highest BCUT2D eigenvalue weighted by Crippen LogP contribution is 2.26. The maximum Gasteiger partial charge on any atom is 0.407 e. The van der Waals surface area contributed by atoms with Crippen LogP contribution < -0.4 is 16.0 Å². The highest BCUT2D eigenvalue weighted by Gasteiger charge is 2.35. The van der Waals surface area contributed by atoms with Crippen molar-refractivity contribution in [2.24, 2.45) is 5.92 Å². The molecule has 0 bridgehead atoms. The van der Waals surface area contributed by atoms with E-state index in [2.05, 4.69) is 20.9 Å². The van der Waals surface area contributed by atoms with E-state index in [0.717, 1.165) is 28.5 Å². The second-order valence-electron chi connectivity index (χ2n) is 9.59. The summed E-state index contributed by atoms with van der Waals surface area (Å²) in [5, 5.41) is 19.5. The molecule has 2 amide bonds. The van der Waals surface area contributed by atoms with E-state index in [1.54, 1.807) is 6.20 Å². The SMILES string of the molecule is O=C(NCCC[C@H](NCc1ccc2cccnc2c1)C(=O)N[C@H]1CCC[C@H]1C(=O)O)OCc1ccccc1. The van der Waals surface area contributed by atoms with Crippen LogP contribution in [0.3, 0.4) is 0 Å². The zero-order chi connectivity index (χ0) is 26.7. The first-order chi connectivity index (χ1) is 18.5. The Morgan fingerprint density at radius 3 is 2.68 bits per heavy atom. The van der Waals surface area contributed by atoms with Gasteiger partial charge in [-0.05, 0) is 48.9 Å². The van der Waals surface area contributed by atoms with Crippen molar-refractivity contribution in [2.75, 3.05) is 6.54 Å². The maximum absolute atomic E-state index is 13.2. The van der Waals surface area contributed by atoms with Crippen LogP contribution in [0.15, 0.2) is 66.9 Å². The molecule has 3 aromatic rings. The van der Waals surface area contributed by atoms with E-state index in [9.17, 15) is 19.5 Å². The van der Waals surface area contributed by atoms with Crippen molar-refractivity contribution in [1.82, 2.24) is 20.9 Å². The van der Waals surface area contributed by atoms with Gasteiger partial charge in [-0.2, -0.15) is 0 Å². The van der Waals surface area contributed by atoms with Gasteiger partial charge in [0.2, 0.25) is 5.91 Å². The summed E-state index contributed by atoms with van der Waals surface area (Å²) in [4.78, 5) is 41.2. The quantitative estimate of drug-likeness (QED) is 0.269. The average Bonchev–Trinajstić information content (AvgIpc) is 3.40. The Bertz CT molecular complexity index is 1240. The fourth-order valence-electron chi connectivity index (χ4n) is 4.77. The summed E-state index contributed by atoms with van der Waals surface area (Å²) >= 11 is 0. The minimum atomic E-state index is -0.876. The number of aliphatic carboxylic acids is 1. The Hall–Kier alpha value is -3.98. The summed E-state index contributed by atoms with van der Waals surface area (Å²) in [7, 11) is 0. The van der Waals surface area contributed by atoms with Crippen molar-refractivity contribution in [3.8, 4) is 0 Å². The van der Waals surface area contributed by atoms with Crippen molar-refractivity contribution in [2.45, 2.75) is 57.3 Å². The van der Waals surface area contributed by atoms with Crippen LogP contribution in [0.5, 0.6) is 0 Å². The normalized spacial score (nSPS) is 17.6. The molecule has 1 heterocycles. The molecule has 0 spiro atoms. The number of alkyl carbamates (subject to hydrolysis) is 1. The van der Waals surface area contributed by atoms with Crippen LogP contribution in [-0.2, 0) is 27.5 Å². The molecule has 1 aliphatic rings. The fraction of sp³-hybridized carbons (Fsp3) is 0.379. The number of ether oxygens (including phenoxy) is 1. The van der Waals surface area contributed by atoms with Crippen LogP contribution in [0.25, 0.3) is 10.9 Å². The second kappa shape index (κ2) is 13.5. The summed E-state index contributed by atoms with van der Waals surface area (Å²) in [5.74, 6) is -1.67. The Kier molecular flexibility index (Phi) is 9.64. The average molecular weight is 519 g/mol. The zero-order valence-electron chi connectivity index (χ0n) is 21.3. The van der Waals surface area contributed by atoms with Gasteiger partial charge in [-0.25, -0.2) is 4.79 Å². The van der Waals surface area contributed by atoms with Gasteiger partial charge < -0.3 is 25.8 Å². The number of amides is 2. The van der Waals surface area contributed by atoms with Gasteiger partial charge in [0, 0.05) is 30.7 Å². The molecule has 1 saturated carbocycles. The molecule has 0 radical (unpaired) electrons. The van der Waals surface area contributed by atoms with Gasteiger partial charge in [0.05, 0.1) is 17.5 Å². The largest absolute Gasteiger partial charge is 0.481 e. The summed E-state index contributed by atoms with van der Waals surface area (Å²) in [6, 6.07) is 18.4. The van der Waals surface area contributed by atoms with Gasteiger partial charge in [0.1, 0.15) is 6.61 Å². The Morgan fingerprint density at radius 2 is 1.87 bits per heavy atom. The predicted octanol–water partition coefficient (Wildman–Crippen LogP) is 3.77. The summed E-state index contributed by atoms with van der Waals surface area (Å²) in [6.07, 6.45) is 4.23. The first-order valence-corrected chi connectivity index (χ1v) is 13.0. The molecule has 0 saturated heterocycles. The second-order valence-corrected chi connectivity index (χ2v) is 9.59. The third kappa shape index (κ3) is 7.76. The minimum Gasteiger partial charge on any atom is -0.481 e. The number of carbonyl (C=O) groups is 3. The molecule has 1 aliphatic carbocycles. The number of nitrogens with one attached hydrogen (secondary N) is 3. The lowest BCUT2D eigenvalue weighted by Gasteiger charge is -2.23. The lowest BCUT2D eigenvalue weighted by molar-refractivity contribution is -0.142. The molecular formula is C29H34N4O5. The van der Waals surface area contributed by atoms with E-state index in [-0.39, 0.29) is 18.6 Å². The molecule has 4 rings (SSSR count). The number of carboxylic acids is 1. The smallest absolute Gasteiger partial charge is 0.407 e. The Balaban J connectivity index is 1.31. The molecule has 38 heavy (non-hydrogen) atoms. The van der Waals surface area contributed by atoms with Crippen molar-refractivity contribution in [3.05, 3.63) is 78.0 Å². The van der Waals surface area contributed by atoms with E-state index in [1.165, 1.54) is 0 Å². The number of nitrogens with zero attached hydrogens (tertiary/aromatic N) is 1. The number of fused-ring (bicyclic) bond motifs is 1. The number of aromatic nitrogens is 1. The Morgan fingerprint density at radius 1 is 1.03 bits per heavy atom. The molecule has 9 nitrogen and oxygen atoms in total. The molecule has 2 aromatic carbocycles. The molecular weight excluding hydrogens is 484 g/mol. The monoisotopic (exact) mass is 518 g/mol. The summed E-state index contributed by atoms with van der Waals surface area (Å²) in [6.45, 7) is 0.982. The molecule has 200 valence electrons. The van der Waals surface area contributed by atoms with E-state index in [0.29, 0.717) is 38.8 Å². The van der Waals surface area contributed by atoms with Crippen molar-refractivity contribution in [3.63, 3.8) is 0 Å². The van der Waals surface area contributed by atoms with Gasteiger partial charge in [-0.3, -0.25) is 14.6 Å². The minimum absolute atomic E-state index is 0.187. The predicted molar refractivity (Wildman–Crippen MR) is 143 cm³/mol. The van der Waals surface area contributed by atoms with E-state index >= 15 is 0 Å². The maximum atomic E-state index is 13.2. The number of pyridine rings is 1. The molecule has 1 fully saturated rings. The number of hydrogen-bond acceptors (Lipinski definition) is 6. The van der Waals surface area contributed by atoms with Crippen LogP contribution >= 0.6 is 0 Å². The van der Waals surface area contributed by atoms with Crippen LogP contribution in [-0.4, -0.2) is 46.7 Å². The molecule has 9 heteroatoms. The van der Waals surface area contributed by atoms with Gasteiger partial charge >= 0.3 is 12.1 Å². The van der Waals surface area contributed by atoms with Crippen molar-refractivity contribution < 1.29 is 24.2 Å². The van der Waals surface area contributed by atoms with Gasteiger partial charge in [-0.15, -0.1) is 0 Å². The van der Waals surface area contributed by atoms with E-state index in [4.69, 9.17) is 4.74 Å². The topological polar surface area (TPSA) is 130 Å². The molecule has 3 atom stereocenters. The van der Waals surface area contributed by atoms with Crippen LogP contribution in [0.2, 0.25) is 0 Å². The van der Waals surface area contributed by atoms with E-state index < -0.39 is 24.0 Å². The van der Waals surface area contributed by atoms with Gasteiger partial charge in [0.25, 0.3) is 0 Å². The number of hydrogen-bond donors (Lipinski definition) is 4. The van der Waals surface area contributed by atoms with E-state index in [1.807, 2.05) is 60.7 Å². The molecule has 0 aliphatic heterocycles. The van der Waals surface area contributed by atoms with Crippen molar-refractivity contribution in [1.29, 1.82) is 0 Å². The number of rotatable bonds is 12. The third-order valence-electron chi connectivity index (χ3n) is 6.85. The highest BCUT2D eigenvalue weighted by molar-refractivity contribution is 5.83. The number of carbonyl (C=O) groups excluding carboxylic acids is 2. The van der Waals surface area contributed by atoms with Crippen molar-refractivity contribution >= 4 is 28.9 Å². The van der Waals surface area contributed by atoms with Gasteiger partial charge in [0.15, 0.2) is 0 Å². The van der Waals surface area contributed by atoms with Crippen LogP contribution in [0.1, 0.15) is 43.2 Å². The first kappa shape index (κ1) is 27.1. The summed E-state index contributed by atoms with van der Waals surface area (Å²) in [5.41, 5.74) is 2.77.